The molecule has 0 amide bonds. The Bertz CT molecular complexity index is 493. The Morgan fingerprint density at radius 1 is 0.923 bits per heavy atom. The summed E-state index contributed by atoms with van der Waals surface area (Å²) >= 11 is 0. The fourth-order valence-corrected chi connectivity index (χ4v) is 4.83. The zero-order chi connectivity index (χ0) is 18.2. The van der Waals surface area contributed by atoms with Gasteiger partial charge in [-0.05, 0) is 87.7 Å². The molecule has 1 saturated heterocycles. The molecule has 1 aliphatic carbocycles. The zero-order valence-electron chi connectivity index (χ0n) is 16.9. The summed E-state index contributed by atoms with van der Waals surface area (Å²) < 4.78 is 11.7. The van der Waals surface area contributed by atoms with Crippen molar-refractivity contribution in [1.29, 1.82) is 0 Å². The molecule has 26 heavy (non-hydrogen) atoms. The zero-order valence-corrected chi connectivity index (χ0v) is 16.9. The summed E-state index contributed by atoms with van der Waals surface area (Å²) in [5.41, 5.74) is 3.06. The van der Waals surface area contributed by atoms with Crippen LogP contribution in [0, 0.1) is 5.92 Å². The van der Waals surface area contributed by atoms with Crippen molar-refractivity contribution in [2.24, 2.45) is 5.92 Å². The van der Waals surface area contributed by atoms with Gasteiger partial charge in [-0.1, -0.05) is 37.6 Å². The van der Waals surface area contributed by atoms with Gasteiger partial charge in [0.05, 0.1) is 18.8 Å². The Hall–Kier alpha value is -0.860. The molecule has 0 N–H and O–H groups in total. The van der Waals surface area contributed by atoms with E-state index in [1.165, 1.54) is 69.8 Å². The van der Waals surface area contributed by atoms with E-state index in [1.54, 1.807) is 5.56 Å². The maximum absolute atomic E-state index is 6.03. The van der Waals surface area contributed by atoms with E-state index in [2.05, 4.69) is 38.1 Å². The maximum Gasteiger partial charge on any atom is 0.0809 e. The second-order valence-corrected chi connectivity index (χ2v) is 8.40. The van der Waals surface area contributed by atoms with Crippen LogP contribution in [0.1, 0.15) is 88.7 Å². The van der Waals surface area contributed by atoms with E-state index in [1.807, 2.05) is 0 Å². The molecule has 0 spiro atoms. The molecule has 0 bridgehead atoms. The summed E-state index contributed by atoms with van der Waals surface area (Å²) in [4.78, 5) is 0. The fourth-order valence-electron chi connectivity index (χ4n) is 4.83. The smallest absolute Gasteiger partial charge is 0.0809 e. The Morgan fingerprint density at radius 2 is 1.69 bits per heavy atom. The van der Waals surface area contributed by atoms with Crippen LogP contribution in [-0.2, 0) is 15.9 Å². The van der Waals surface area contributed by atoms with Gasteiger partial charge in [-0.3, -0.25) is 0 Å². The molecule has 1 aromatic carbocycles. The van der Waals surface area contributed by atoms with Crippen molar-refractivity contribution in [2.45, 2.75) is 96.2 Å². The summed E-state index contributed by atoms with van der Waals surface area (Å²) in [5, 5.41) is 0. The van der Waals surface area contributed by atoms with Crippen LogP contribution in [0.15, 0.2) is 24.3 Å². The van der Waals surface area contributed by atoms with Crippen molar-refractivity contribution in [2.75, 3.05) is 13.2 Å². The Morgan fingerprint density at radius 3 is 2.31 bits per heavy atom. The van der Waals surface area contributed by atoms with Crippen molar-refractivity contribution in [1.82, 2.24) is 0 Å². The van der Waals surface area contributed by atoms with Crippen LogP contribution in [-0.4, -0.2) is 25.4 Å². The first-order valence-corrected chi connectivity index (χ1v) is 11.1. The van der Waals surface area contributed by atoms with Crippen LogP contribution < -0.4 is 0 Å². The first-order chi connectivity index (χ1) is 12.8. The van der Waals surface area contributed by atoms with Gasteiger partial charge in [-0.2, -0.15) is 0 Å². The topological polar surface area (TPSA) is 18.5 Å². The normalized spacial score (nSPS) is 29.6. The standard InChI is InChI=1S/C24H38O2/c1-3-5-19-6-11-21(12-7-19)22-13-8-20(9-14-22)10-15-23-16-17-24(18-26-23)25-4-2/h6-7,11-12,20,22-24H,3-5,8-10,13-18H2,1-2H3. The number of rotatable bonds is 8. The third-order valence-electron chi connectivity index (χ3n) is 6.46. The predicted octanol–water partition coefficient (Wildman–Crippen LogP) is 6.28. The molecule has 1 aromatic rings. The van der Waals surface area contributed by atoms with E-state index >= 15 is 0 Å². The van der Waals surface area contributed by atoms with Gasteiger partial charge < -0.3 is 9.47 Å². The van der Waals surface area contributed by atoms with Crippen molar-refractivity contribution >= 4 is 0 Å². The molecule has 1 heterocycles. The quantitative estimate of drug-likeness (QED) is 0.544. The largest absolute Gasteiger partial charge is 0.376 e. The minimum absolute atomic E-state index is 0.343. The summed E-state index contributed by atoms with van der Waals surface area (Å²) in [7, 11) is 0. The van der Waals surface area contributed by atoms with Crippen molar-refractivity contribution in [3.63, 3.8) is 0 Å². The lowest BCUT2D eigenvalue weighted by atomic mass is 9.76. The number of benzene rings is 1. The van der Waals surface area contributed by atoms with Crippen molar-refractivity contribution in [3.05, 3.63) is 35.4 Å². The highest BCUT2D eigenvalue weighted by molar-refractivity contribution is 5.25. The van der Waals surface area contributed by atoms with Gasteiger partial charge in [0.2, 0.25) is 0 Å². The molecule has 3 rings (SSSR count). The minimum Gasteiger partial charge on any atom is -0.376 e. The number of hydrogen-bond donors (Lipinski definition) is 0. The van der Waals surface area contributed by atoms with Crippen LogP contribution in [0.3, 0.4) is 0 Å². The average molecular weight is 359 g/mol. The number of ether oxygens (including phenoxy) is 2. The highest BCUT2D eigenvalue weighted by Crippen LogP contribution is 2.38. The summed E-state index contributed by atoms with van der Waals surface area (Å²) in [6.45, 7) is 5.94. The average Bonchev–Trinajstić information content (AvgIpc) is 2.69. The van der Waals surface area contributed by atoms with Crippen LogP contribution in [0.25, 0.3) is 0 Å². The van der Waals surface area contributed by atoms with Crippen molar-refractivity contribution in [3.8, 4) is 0 Å². The summed E-state index contributed by atoms with van der Waals surface area (Å²) in [6.07, 6.45) is 13.8. The van der Waals surface area contributed by atoms with E-state index < -0.39 is 0 Å². The summed E-state index contributed by atoms with van der Waals surface area (Å²) in [6, 6.07) is 9.48. The summed E-state index contributed by atoms with van der Waals surface area (Å²) in [5.74, 6) is 1.71. The third-order valence-corrected chi connectivity index (χ3v) is 6.46. The molecule has 2 unspecified atom stereocenters. The van der Waals surface area contributed by atoms with E-state index in [4.69, 9.17) is 9.47 Å². The molecule has 2 fully saturated rings. The SMILES string of the molecule is CCCc1ccc(C2CCC(CCC3CCC(OCC)CO3)CC2)cc1. The second kappa shape index (κ2) is 10.5. The highest BCUT2D eigenvalue weighted by Gasteiger charge is 2.25. The van der Waals surface area contributed by atoms with E-state index in [-0.39, 0.29) is 0 Å². The predicted molar refractivity (Wildman–Crippen MR) is 109 cm³/mol. The van der Waals surface area contributed by atoms with Crippen molar-refractivity contribution < 1.29 is 9.47 Å². The van der Waals surface area contributed by atoms with Crippen LogP contribution in [0.4, 0.5) is 0 Å². The van der Waals surface area contributed by atoms with Crippen LogP contribution >= 0.6 is 0 Å². The van der Waals surface area contributed by atoms with Gasteiger partial charge >= 0.3 is 0 Å². The minimum atomic E-state index is 0.343. The molecule has 0 aromatic heterocycles. The second-order valence-electron chi connectivity index (χ2n) is 8.40. The highest BCUT2D eigenvalue weighted by atomic mass is 16.5. The molecule has 1 aliphatic heterocycles. The monoisotopic (exact) mass is 358 g/mol. The Balaban J connectivity index is 1.35. The molecule has 2 heteroatoms. The Labute approximate surface area is 160 Å². The third kappa shape index (κ3) is 5.82. The first kappa shape index (κ1) is 19.9. The van der Waals surface area contributed by atoms with E-state index in [0.717, 1.165) is 25.0 Å². The lowest BCUT2D eigenvalue weighted by Gasteiger charge is -2.32. The number of aryl methyl sites for hydroxylation is 1. The van der Waals surface area contributed by atoms with Crippen LogP contribution in [0.2, 0.25) is 0 Å². The van der Waals surface area contributed by atoms with Gasteiger partial charge in [0.1, 0.15) is 0 Å². The van der Waals surface area contributed by atoms with Gasteiger partial charge in [0.25, 0.3) is 0 Å². The number of hydrogen-bond acceptors (Lipinski definition) is 2. The fraction of sp³-hybridized carbons (Fsp3) is 0.750. The first-order valence-electron chi connectivity index (χ1n) is 11.1. The van der Waals surface area contributed by atoms with Gasteiger partial charge in [-0.25, -0.2) is 0 Å². The Kier molecular flexibility index (Phi) is 8.01. The molecule has 2 nitrogen and oxygen atoms in total. The van der Waals surface area contributed by atoms with E-state index in [0.29, 0.717) is 12.2 Å². The van der Waals surface area contributed by atoms with Gasteiger partial charge in [0.15, 0.2) is 0 Å². The molecule has 1 saturated carbocycles. The lowest BCUT2D eigenvalue weighted by Crippen LogP contribution is -2.31. The van der Waals surface area contributed by atoms with Gasteiger partial charge in [-0.15, -0.1) is 0 Å². The van der Waals surface area contributed by atoms with Crippen LogP contribution in [0.5, 0.6) is 0 Å². The molecule has 146 valence electrons. The molecule has 2 aliphatic rings. The molecular weight excluding hydrogens is 320 g/mol. The van der Waals surface area contributed by atoms with Gasteiger partial charge in [0, 0.05) is 6.61 Å². The maximum atomic E-state index is 6.03. The lowest BCUT2D eigenvalue weighted by molar-refractivity contribution is -0.0859. The molecular formula is C24H38O2. The molecule has 0 radical (unpaired) electrons. The van der Waals surface area contributed by atoms with E-state index in [9.17, 15) is 0 Å². The molecule has 2 atom stereocenters.